The van der Waals surface area contributed by atoms with Crippen LogP contribution < -0.4 is 5.73 Å². The van der Waals surface area contributed by atoms with E-state index in [0.717, 1.165) is 0 Å². The molecule has 1 aromatic carbocycles. The van der Waals surface area contributed by atoms with Crippen LogP contribution in [0.25, 0.3) is 5.69 Å². The molecule has 6 nitrogen and oxygen atoms in total. The molecule has 0 bridgehead atoms. The third kappa shape index (κ3) is 2.54. The van der Waals surface area contributed by atoms with Crippen molar-refractivity contribution in [3.05, 3.63) is 41.6 Å². The zero-order valence-corrected chi connectivity index (χ0v) is 11.3. The van der Waals surface area contributed by atoms with Crippen LogP contribution in [-0.4, -0.2) is 28.1 Å². The minimum absolute atomic E-state index is 0.0165. The molecule has 1 aromatic heterocycles. The summed E-state index contributed by atoms with van der Waals surface area (Å²) in [5.74, 6) is -0.312. The molecule has 2 aromatic rings. The van der Waals surface area contributed by atoms with Gasteiger partial charge in [-0.25, -0.2) is 9.48 Å². The molecule has 0 spiro atoms. The number of rotatable bonds is 4. The molecule has 2 rings (SSSR count). The molecule has 0 aliphatic heterocycles. The highest BCUT2D eigenvalue weighted by atomic mass is 16.5. The van der Waals surface area contributed by atoms with E-state index < -0.39 is 5.97 Å². The number of ketones is 1. The predicted molar refractivity (Wildman–Crippen MR) is 73.9 cm³/mol. The van der Waals surface area contributed by atoms with Crippen LogP contribution in [0.4, 0.5) is 5.82 Å². The van der Waals surface area contributed by atoms with E-state index >= 15 is 0 Å². The molecule has 0 saturated heterocycles. The first kappa shape index (κ1) is 13.8. The Morgan fingerprint density at radius 1 is 1.30 bits per heavy atom. The van der Waals surface area contributed by atoms with Crippen molar-refractivity contribution in [3.8, 4) is 5.69 Å². The number of carbonyl (C=O) groups is 2. The minimum Gasteiger partial charge on any atom is -0.462 e. The fraction of sp³-hybridized carbons (Fsp3) is 0.214. The minimum atomic E-state index is -0.503. The van der Waals surface area contributed by atoms with E-state index in [2.05, 4.69) is 5.10 Å². The Morgan fingerprint density at radius 2 is 1.95 bits per heavy atom. The monoisotopic (exact) mass is 273 g/mol. The number of carbonyl (C=O) groups excluding carboxylic acids is 2. The largest absolute Gasteiger partial charge is 0.462 e. The number of hydrogen-bond donors (Lipinski definition) is 1. The van der Waals surface area contributed by atoms with Crippen molar-refractivity contribution in [1.82, 2.24) is 9.78 Å². The van der Waals surface area contributed by atoms with Gasteiger partial charge in [-0.1, -0.05) is 0 Å². The highest BCUT2D eigenvalue weighted by molar-refractivity contribution is 5.95. The lowest BCUT2D eigenvalue weighted by atomic mass is 10.1. The van der Waals surface area contributed by atoms with Crippen LogP contribution in [0.15, 0.2) is 30.5 Å². The van der Waals surface area contributed by atoms with Gasteiger partial charge in [0.15, 0.2) is 5.78 Å². The normalized spacial score (nSPS) is 10.3. The molecule has 0 radical (unpaired) electrons. The highest BCUT2D eigenvalue weighted by Crippen LogP contribution is 2.18. The first-order valence-electron chi connectivity index (χ1n) is 6.16. The van der Waals surface area contributed by atoms with Crippen molar-refractivity contribution in [2.75, 3.05) is 12.3 Å². The second-order valence-corrected chi connectivity index (χ2v) is 4.18. The first-order valence-corrected chi connectivity index (χ1v) is 6.16. The molecule has 0 fully saturated rings. The van der Waals surface area contributed by atoms with E-state index in [1.807, 2.05) is 0 Å². The van der Waals surface area contributed by atoms with Crippen LogP contribution >= 0.6 is 0 Å². The third-order valence-electron chi connectivity index (χ3n) is 2.82. The highest BCUT2D eigenvalue weighted by Gasteiger charge is 2.17. The maximum Gasteiger partial charge on any atom is 0.343 e. The molecule has 6 heteroatoms. The summed E-state index contributed by atoms with van der Waals surface area (Å²) in [4.78, 5) is 22.9. The van der Waals surface area contributed by atoms with E-state index in [4.69, 9.17) is 10.5 Å². The Kier molecular flexibility index (Phi) is 3.84. The van der Waals surface area contributed by atoms with Crippen molar-refractivity contribution in [3.63, 3.8) is 0 Å². The van der Waals surface area contributed by atoms with Gasteiger partial charge in [0, 0.05) is 5.56 Å². The summed E-state index contributed by atoms with van der Waals surface area (Å²) in [6, 6.07) is 6.80. The summed E-state index contributed by atoms with van der Waals surface area (Å²) in [5.41, 5.74) is 7.39. The van der Waals surface area contributed by atoms with Gasteiger partial charge >= 0.3 is 5.97 Å². The molecule has 0 atom stereocenters. The molecule has 104 valence electrons. The van der Waals surface area contributed by atoms with Crippen molar-refractivity contribution >= 4 is 17.6 Å². The van der Waals surface area contributed by atoms with Crippen molar-refractivity contribution in [1.29, 1.82) is 0 Å². The molecular formula is C14H15N3O3. The van der Waals surface area contributed by atoms with E-state index in [-0.39, 0.29) is 23.8 Å². The van der Waals surface area contributed by atoms with Crippen molar-refractivity contribution in [2.24, 2.45) is 0 Å². The smallest absolute Gasteiger partial charge is 0.343 e. The molecule has 0 aliphatic carbocycles. The van der Waals surface area contributed by atoms with E-state index in [1.54, 1.807) is 31.2 Å². The number of nitrogen functional groups attached to an aromatic ring is 1. The number of Topliss-reactive ketones (excluding diaryl/α,β-unsaturated/α-hetero) is 1. The fourth-order valence-electron chi connectivity index (χ4n) is 1.77. The van der Waals surface area contributed by atoms with Crippen LogP contribution in [0.1, 0.15) is 34.6 Å². The Labute approximate surface area is 116 Å². The number of aromatic nitrogens is 2. The van der Waals surface area contributed by atoms with Gasteiger partial charge in [-0.15, -0.1) is 0 Å². The molecule has 0 aliphatic rings. The molecule has 20 heavy (non-hydrogen) atoms. The summed E-state index contributed by atoms with van der Waals surface area (Å²) in [7, 11) is 0. The summed E-state index contributed by atoms with van der Waals surface area (Å²) in [6.45, 7) is 3.49. The third-order valence-corrected chi connectivity index (χ3v) is 2.82. The number of benzene rings is 1. The lowest BCUT2D eigenvalue weighted by molar-refractivity contribution is 0.0527. The summed E-state index contributed by atoms with van der Waals surface area (Å²) >= 11 is 0. The van der Waals surface area contributed by atoms with Gasteiger partial charge in [0.05, 0.1) is 18.5 Å². The summed E-state index contributed by atoms with van der Waals surface area (Å²) < 4.78 is 6.32. The lowest BCUT2D eigenvalue weighted by Crippen LogP contribution is -2.09. The molecule has 0 saturated carbocycles. The zero-order chi connectivity index (χ0) is 14.7. The van der Waals surface area contributed by atoms with Gasteiger partial charge < -0.3 is 10.5 Å². The van der Waals surface area contributed by atoms with Crippen LogP contribution in [0.5, 0.6) is 0 Å². The van der Waals surface area contributed by atoms with Gasteiger partial charge in [-0.2, -0.15) is 5.10 Å². The van der Waals surface area contributed by atoms with Crippen LogP contribution in [0.2, 0.25) is 0 Å². The SMILES string of the molecule is CCOC(=O)c1cnn(-c2ccc(C(C)=O)cc2)c1N. The molecular weight excluding hydrogens is 258 g/mol. The van der Waals surface area contributed by atoms with E-state index in [1.165, 1.54) is 17.8 Å². The number of esters is 1. The van der Waals surface area contributed by atoms with Crippen molar-refractivity contribution < 1.29 is 14.3 Å². The van der Waals surface area contributed by atoms with Gasteiger partial charge in [-0.05, 0) is 38.1 Å². The number of ether oxygens (including phenoxy) is 1. The number of hydrogen-bond acceptors (Lipinski definition) is 5. The topological polar surface area (TPSA) is 87.2 Å². The van der Waals surface area contributed by atoms with Crippen LogP contribution in [0.3, 0.4) is 0 Å². The Morgan fingerprint density at radius 3 is 2.50 bits per heavy atom. The molecule has 0 amide bonds. The van der Waals surface area contributed by atoms with Crippen molar-refractivity contribution in [2.45, 2.75) is 13.8 Å². The second-order valence-electron chi connectivity index (χ2n) is 4.18. The van der Waals surface area contributed by atoms with E-state index in [0.29, 0.717) is 11.3 Å². The van der Waals surface area contributed by atoms with E-state index in [9.17, 15) is 9.59 Å². The summed E-state index contributed by atoms with van der Waals surface area (Å²) in [6.07, 6.45) is 1.37. The first-order chi connectivity index (χ1) is 9.54. The quantitative estimate of drug-likeness (QED) is 0.678. The lowest BCUT2D eigenvalue weighted by Gasteiger charge is -2.05. The van der Waals surface area contributed by atoms with Gasteiger partial charge in [0.1, 0.15) is 11.4 Å². The van der Waals surface area contributed by atoms with Gasteiger partial charge in [0.25, 0.3) is 0 Å². The molecule has 0 unspecified atom stereocenters. The average Bonchev–Trinajstić information content (AvgIpc) is 2.81. The maximum absolute atomic E-state index is 11.7. The zero-order valence-electron chi connectivity index (χ0n) is 11.3. The Bertz CT molecular complexity index is 644. The molecule has 1 heterocycles. The Hall–Kier alpha value is -2.63. The fourth-order valence-corrected chi connectivity index (χ4v) is 1.77. The number of nitrogens with two attached hydrogens (primary N) is 1. The average molecular weight is 273 g/mol. The summed E-state index contributed by atoms with van der Waals surface area (Å²) in [5, 5.41) is 4.07. The standard InChI is InChI=1S/C14H15N3O3/c1-3-20-14(19)12-8-16-17(13(12)15)11-6-4-10(5-7-11)9(2)18/h4-8H,3,15H2,1-2H3. The molecule has 2 N–H and O–H groups in total. The second kappa shape index (κ2) is 5.56. The maximum atomic E-state index is 11.7. The predicted octanol–water partition coefficient (Wildman–Crippen LogP) is 1.83. The Balaban J connectivity index is 2.34. The van der Waals surface area contributed by atoms with Crippen LogP contribution in [-0.2, 0) is 4.74 Å². The number of anilines is 1. The number of nitrogens with zero attached hydrogens (tertiary/aromatic N) is 2. The van der Waals surface area contributed by atoms with Crippen LogP contribution in [0, 0.1) is 0 Å². The van der Waals surface area contributed by atoms with Gasteiger partial charge in [-0.3, -0.25) is 4.79 Å². The van der Waals surface area contributed by atoms with Gasteiger partial charge in [0.2, 0.25) is 0 Å².